The summed E-state index contributed by atoms with van der Waals surface area (Å²) in [5.41, 5.74) is 1.93. The molecule has 1 fully saturated rings. The van der Waals surface area contributed by atoms with E-state index in [0.29, 0.717) is 19.6 Å². The lowest BCUT2D eigenvalue weighted by atomic mass is 10.0. The van der Waals surface area contributed by atoms with Crippen molar-refractivity contribution < 1.29 is 9.59 Å². The Balaban J connectivity index is 1.99. The van der Waals surface area contributed by atoms with Crippen LogP contribution in [0.2, 0.25) is 0 Å². The average molecular weight is 318 g/mol. The van der Waals surface area contributed by atoms with Crippen LogP contribution >= 0.6 is 0 Å². The normalized spacial score (nSPS) is 18.2. The lowest BCUT2D eigenvalue weighted by molar-refractivity contribution is -0.138. The van der Waals surface area contributed by atoms with E-state index in [1.807, 2.05) is 19.1 Å². The first kappa shape index (κ1) is 17.2. The number of urea groups is 1. The summed E-state index contributed by atoms with van der Waals surface area (Å²) < 4.78 is 0. The maximum absolute atomic E-state index is 12.5. The number of aromatic nitrogens is 1. The van der Waals surface area contributed by atoms with Gasteiger partial charge >= 0.3 is 6.03 Å². The fraction of sp³-hybridized carbons (Fsp3) is 0.588. The molecule has 0 saturated carbocycles. The largest absolute Gasteiger partial charge is 0.342 e. The fourth-order valence-corrected chi connectivity index (χ4v) is 2.82. The van der Waals surface area contributed by atoms with Crippen LogP contribution in [0.25, 0.3) is 0 Å². The molecule has 2 heterocycles. The summed E-state index contributed by atoms with van der Waals surface area (Å²) >= 11 is 0. The highest BCUT2D eigenvalue weighted by Gasteiger charge is 2.35. The molecule has 1 aliphatic heterocycles. The Morgan fingerprint density at radius 1 is 1.43 bits per heavy atom. The summed E-state index contributed by atoms with van der Waals surface area (Å²) in [5.74, 6) is 0.0413. The molecule has 0 aliphatic carbocycles. The monoisotopic (exact) mass is 318 g/mol. The zero-order chi connectivity index (χ0) is 16.8. The number of pyridine rings is 1. The maximum atomic E-state index is 12.5. The Kier molecular flexibility index (Phi) is 5.96. The Morgan fingerprint density at radius 3 is 2.91 bits per heavy atom. The first-order valence-corrected chi connectivity index (χ1v) is 8.24. The van der Waals surface area contributed by atoms with Crippen LogP contribution < -0.4 is 5.32 Å². The van der Waals surface area contributed by atoms with E-state index >= 15 is 0 Å². The number of aryl methyl sites for hydroxylation is 1. The van der Waals surface area contributed by atoms with Gasteiger partial charge in [0.05, 0.1) is 0 Å². The van der Waals surface area contributed by atoms with E-state index in [-0.39, 0.29) is 18.0 Å². The van der Waals surface area contributed by atoms with E-state index in [2.05, 4.69) is 17.2 Å². The molecule has 0 bridgehead atoms. The molecule has 0 radical (unpaired) electrons. The number of hydrogen-bond acceptors (Lipinski definition) is 3. The quantitative estimate of drug-likeness (QED) is 0.902. The van der Waals surface area contributed by atoms with Crippen LogP contribution in [0.1, 0.15) is 37.4 Å². The van der Waals surface area contributed by atoms with E-state index in [0.717, 1.165) is 30.5 Å². The summed E-state index contributed by atoms with van der Waals surface area (Å²) in [7, 11) is 1.80. The highest BCUT2D eigenvalue weighted by Crippen LogP contribution is 2.16. The van der Waals surface area contributed by atoms with Crippen LogP contribution in [0, 0.1) is 6.92 Å². The van der Waals surface area contributed by atoms with Crippen molar-refractivity contribution in [3.8, 4) is 0 Å². The van der Waals surface area contributed by atoms with E-state index < -0.39 is 0 Å². The molecule has 1 aromatic rings. The number of carbonyl (C=O) groups excluding carboxylic acids is 2. The summed E-state index contributed by atoms with van der Waals surface area (Å²) in [4.78, 5) is 32.4. The van der Waals surface area contributed by atoms with Crippen LogP contribution in [0.5, 0.6) is 0 Å². The number of unbranched alkanes of at least 4 members (excludes halogenated alkanes) is 1. The molecule has 0 unspecified atom stereocenters. The number of nitrogens with zero attached hydrogens (tertiary/aromatic N) is 3. The van der Waals surface area contributed by atoms with Crippen molar-refractivity contribution in [1.29, 1.82) is 0 Å². The molecule has 0 spiro atoms. The Morgan fingerprint density at radius 2 is 2.22 bits per heavy atom. The molecule has 126 valence electrons. The fourth-order valence-electron chi connectivity index (χ4n) is 2.82. The first-order chi connectivity index (χ1) is 11.0. The van der Waals surface area contributed by atoms with Gasteiger partial charge in [-0.05, 0) is 31.0 Å². The third-order valence-electron chi connectivity index (χ3n) is 4.21. The zero-order valence-electron chi connectivity index (χ0n) is 14.2. The molecule has 1 N–H and O–H groups in total. The van der Waals surface area contributed by atoms with Crippen molar-refractivity contribution >= 4 is 11.9 Å². The van der Waals surface area contributed by atoms with E-state index in [9.17, 15) is 9.59 Å². The van der Waals surface area contributed by atoms with Gasteiger partial charge in [-0.1, -0.05) is 19.8 Å². The van der Waals surface area contributed by atoms with Crippen molar-refractivity contribution in [2.75, 3.05) is 20.1 Å². The van der Waals surface area contributed by atoms with Crippen LogP contribution in [0.4, 0.5) is 4.79 Å². The smallest absolute Gasteiger partial charge is 0.318 e. The van der Waals surface area contributed by atoms with Crippen molar-refractivity contribution in [2.24, 2.45) is 0 Å². The van der Waals surface area contributed by atoms with Crippen LogP contribution in [0.3, 0.4) is 0 Å². The molecule has 2 rings (SSSR count). The summed E-state index contributed by atoms with van der Waals surface area (Å²) in [6.07, 6.45) is 4.42. The summed E-state index contributed by atoms with van der Waals surface area (Å²) in [5, 5.41) is 2.93. The van der Waals surface area contributed by atoms with Gasteiger partial charge in [0.1, 0.15) is 6.04 Å². The van der Waals surface area contributed by atoms with Crippen LogP contribution in [-0.2, 0) is 11.3 Å². The third kappa shape index (κ3) is 4.43. The number of amides is 3. The van der Waals surface area contributed by atoms with Gasteiger partial charge in [-0.3, -0.25) is 9.78 Å². The number of piperazine rings is 1. The number of carbonyl (C=O) groups is 2. The van der Waals surface area contributed by atoms with Gasteiger partial charge < -0.3 is 15.1 Å². The van der Waals surface area contributed by atoms with E-state index in [4.69, 9.17) is 0 Å². The van der Waals surface area contributed by atoms with Gasteiger partial charge in [-0.25, -0.2) is 4.79 Å². The van der Waals surface area contributed by atoms with Gasteiger partial charge in [0.15, 0.2) is 0 Å². The number of hydrogen-bond donors (Lipinski definition) is 1. The molecule has 1 aliphatic rings. The molecule has 1 atom stereocenters. The predicted molar refractivity (Wildman–Crippen MR) is 88.9 cm³/mol. The number of nitrogens with one attached hydrogen (secondary N) is 1. The van der Waals surface area contributed by atoms with Gasteiger partial charge in [0.2, 0.25) is 5.91 Å². The number of likely N-dealkylation sites (N-methyl/N-ethyl adjacent to an activating group) is 1. The maximum Gasteiger partial charge on any atom is 0.318 e. The number of rotatable bonds is 5. The molecule has 1 saturated heterocycles. The molecular weight excluding hydrogens is 292 g/mol. The molecule has 6 nitrogen and oxygen atoms in total. The molecule has 1 aromatic heterocycles. The van der Waals surface area contributed by atoms with Crippen LogP contribution in [0.15, 0.2) is 18.3 Å². The molecule has 6 heteroatoms. The lowest BCUT2D eigenvalue weighted by Gasteiger charge is -2.39. The molecule has 3 amide bonds. The van der Waals surface area contributed by atoms with E-state index in [1.54, 1.807) is 23.0 Å². The van der Waals surface area contributed by atoms with Crippen molar-refractivity contribution in [3.63, 3.8) is 0 Å². The van der Waals surface area contributed by atoms with Gasteiger partial charge in [-0.2, -0.15) is 0 Å². The molecule has 23 heavy (non-hydrogen) atoms. The molecular formula is C17H26N4O2. The van der Waals surface area contributed by atoms with E-state index in [1.165, 1.54) is 0 Å². The van der Waals surface area contributed by atoms with Crippen molar-refractivity contribution in [2.45, 2.75) is 45.7 Å². The standard InChI is InChI=1S/C17H26N4O2/c1-4-5-6-15-16(22)20(3)9-10-21(15)17(23)19-12-14-7-8-18-13(2)11-14/h7-8,11,15H,4-6,9-10,12H2,1-3H3,(H,19,23)/t15-/m0/s1. The highest BCUT2D eigenvalue weighted by molar-refractivity contribution is 5.88. The third-order valence-corrected chi connectivity index (χ3v) is 4.21. The second kappa shape index (κ2) is 7.94. The minimum Gasteiger partial charge on any atom is -0.342 e. The highest BCUT2D eigenvalue weighted by atomic mass is 16.2. The predicted octanol–water partition coefficient (Wildman–Crippen LogP) is 1.93. The van der Waals surface area contributed by atoms with Crippen LogP contribution in [-0.4, -0.2) is 52.9 Å². The zero-order valence-corrected chi connectivity index (χ0v) is 14.2. The lowest BCUT2D eigenvalue weighted by Crippen LogP contribution is -2.59. The SMILES string of the molecule is CCCC[C@H]1C(=O)N(C)CCN1C(=O)NCc1ccnc(C)c1. The van der Waals surface area contributed by atoms with Gasteiger partial charge in [0.25, 0.3) is 0 Å². The van der Waals surface area contributed by atoms with Crippen molar-refractivity contribution in [3.05, 3.63) is 29.6 Å². The van der Waals surface area contributed by atoms with Crippen molar-refractivity contribution in [1.82, 2.24) is 20.1 Å². The average Bonchev–Trinajstić information content (AvgIpc) is 2.54. The Bertz CT molecular complexity index is 561. The molecule has 0 aromatic carbocycles. The Hall–Kier alpha value is -2.11. The first-order valence-electron chi connectivity index (χ1n) is 8.24. The van der Waals surface area contributed by atoms with Gasteiger partial charge in [0, 0.05) is 38.6 Å². The summed E-state index contributed by atoms with van der Waals surface area (Å²) in [6.45, 7) is 5.63. The minimum absolute atomic E-state index is 0.0413. The second-order valence-electron chi connectivity index (χ2n) is 6.08. The Labute approximate surface area is 137 Å². The topological polar surface area (TPSA) is 65.5 Å². The van der Waals surface area contributed by atoms with Gasteiger partial charge in [-0.15, -0.1) is 0 Å². The second-order valence-corrected chi connectivity index (χ2v) is 6.08. The minimum atomic E-state index is -0.340. The summed E-state index contributed by atoms with van der Waals surface area (Å²) in [6, 6.07) is 3.33.